The molecule has 4 aromatic rings. The van der Waals surface area contributed by atoms with Crippen molar-refractivity contribution in [2.45, 2.75) is 25.4 Å². The van der Waals surface area contributed by atoms with E-state index in [2.05, 4.69) is 15.0 Å². The molecule has 0 N–H and O–H groups in total. The molecule has 2 heterocycles. The second-order valence-electron chi connectivity index (χ2n) is 7.94. The largest absolute Gasteiger partial charge is 0.416 e. The van der Waals surface area contributed by atoms with Crippen LogP contribution in [-0.4, -0.2) is 15.0 Å². The molecular formula is C25H19F4N3. The van der Waals surface area contributed by atoms with E-state index in [9.17, 15) is 17.6 Å². The third-order valence-corrected chi connectivity index (χ3v) is 5.39. The number of hydrogen-bond acceptors (Lipinski definition) is 3. The predicted octanol–water partition coefficient (Wildman–Crippen LogP) is 6.69. The molecule has 0 saturated carbocycles. The van der Waals surface area contributed by atoms with Gasteiger partial charge < -0.3 is 0 Å². The summed E-state index contributed by atoms with van der Waals surface area (Å²) in [5.41, 5.74) is 0.832. The zero-order valence-electron chi connectivity index (χ0n) is 17.4. The van der Waals surface area contributed by atoms with Crippen LogP contribution in [-0.2, 0) is 11.6 Å². The summed E-state index contributed by atoms with van der Waals surface area (Å²) in [6, 6.07) is 15.0. The Kier molecular flexibility index (Phi) is 5.50. The van der Waals surface area contributed by atoms with Gasteiger partial charge in [0.05, 0.1) is 29.3 Å². The average molecular weight is 437 g/mol. The molecule has 0 saturated heterocycles. The summed E-state index contributed by atoms with van der Waals surface area (Å²) >= 11 is 0. The molecule has 0 radical (unpaired) electrons. The fraction of sp³-hybridized carbons (Fsp3) is 0.160. The van der Waals surface area contributed by atoms with Crippen LogP contribution >= 0.6 is 0 Å². The Labute approximate surface area is 182 Å². The van der Waals surface area contributed by atoms with E-state index >= 15 is 0 Å². The topological polar surface area (TPSA) is 38.7 Å². The van der Waals surface area contributed by atoms with Gasteiger partial charge in [-0.3, -0.25) is 9.97 Å². The standard InChI is InChI=1S/C25H19F4N3/c1-24(2,17-6-5-7-20(26)13-17)18-10-16(11-19(12-18)25(27,28)29)22-14-30-15-23(32-22)21-8-3-4-9-31-21/h3-15H,1-2H3. The minimum Gasteiger partial charge on any atom is -0.260 e. The molecular weight excluding hydrogens is 418 g/mol. The lowest BCUT2D eigenvalue weighted by atomic mass is 9.77. The molecule has 0 bridgehead atoms. The highest BCUT2D eigenvalue weighted by Gasteiger charge is 2.34. The predicted molar refractivity (Wildman–Crippen MR) is 114 cm³/mol. The molecule has 7 heteroatoms. The molecule has 0 fully saturated rings. The summed E-state index contributed by atoms with van der Waals surface area (Å²) in [4.78, 5) is 12.9. The summed E-state index contributed by atoms with van der Waals surface area (Å²) in [5.74, 6) is -0.447. The third-order valence-electron chi connectivity index (χ3n) is 5.39. The summed E-state index contributed by atoms with van der Waals surface area (Å²) < 4.78 is 55.1. The first-order chi connectivity index (χ1) is 15.1. The number of aromatic nitrogens is 3. The van der Waals surface area contributed by atoms with Crippen LogP contribution < -0.4 is 0 Å². The van der Waals surface area contributed by atoms with Gasteiger partial charge in [0.2, 0.25) is 0 Å². The molecule has 4 rings (SSSR count). The van der Waals surface area contributed by atoms with Crippen LogP contribution in [0.2, 0.25) is 0 Å². The number of halogens is 4. The second-order valence-corrected chi connectivity index (χ2v) is 7.94. The minimum absolute atomic E-state index is 0.268. The number of benzene rings is 2. The lowest BCUT2D eigenvalue weighted by molar-refractivity contribution is -0.137. The van der Waals surface area contributed by atoms with Gasteiger partial charge in [-0.05, 0) is 53.6 Å². The van der Waals surface area contributed by atoms with Gasteiger partial charge in [0, 0.05) is 17.2 Å². The van der Waals surface area contributed by atoms with Gasteiger partial charge in [-0.1, -0.05) is 32.0 Å². The zero-order valence-corrected chi connectivity index (χ0v) is 17.4. The Balaban J connectivity index is 1.87. The Morgan fingerprint density at radius 1 is 0.719 bits per heavy atom. The molecule has 2 aromatic carbocycles. The van der Waals surface area contributed by atoms with Gasteiger partial charge in [0.25, 0.3) is 0 Å². The zero-order chi connectivity index (χ0) is 22.9. The number of rotatable bonds is 4. The first-order valence-electron chi connectivity index (χ1n) is 9.87. The first kappa shape index (κ1) is 21.6. The van der Waals surface area contributed by atoms with Crippen molar-refractivity contribution in [3.8, 4) is 22.6 Å². The molecule has 0 aliphatic heterocycles. The van der Waals surface area contributed by atoms with E-state index < -0.39 is 23.0 Å². The summed E-state index contributed by atoms with van der Waals surface area (Å²) in [5, 5.41) is 0. The Morgan fingerprint density at radius 2 is 1.47 bits per heavy atom. The number of alkyl halides is 3. The molecule has 3 nitrogen and oxygen atoms in total. The third kappa shape index (κ3) is 4.37. The maximum Gasteiger partial charge on any atom is 0.416 e. The Hall–Kier alpha value is -3.61. The SMILES string of the molecule is CC(C)(c1cccc(F)c1)c1cc(-c2cncc(-c3ccccn3)n2)cc(C(F)(F)F)c1. The second kappa shape index (κ2) is 8.15. The van der Waals surface area contributed by atoms with Gasteiger partial charge in [-0.25, -0.2) is 9.37 Å². The average Bonchev–Trinajstić information content (AvgIpc) is 2.79. The van der Waals surface area contributed by atoms with Crippen LogP contribution in [0.15, 0.2) is 79.3 Å². The van der Waals surface area contributed by atoms with Gasteiger partial charge in [0.1, 0.15) is 11.5 Å². The van der Waals surface area contributed by atoms with Crippen molar-refractivity contribution >= 4 is 0 Å². The number of hydrogen-bond donors (Lipinski definition) is 0. The highest BCUT2D eigenvalue weighted by molar-refractivity contribution is 5.65. The maximum atomic E-state index is 13.8. The van der Waals surface area contributed by atoms with E-state index in [1.165, 1.54) is 24.5 Å². The van der Waals surface area contributed by atoms with Crippen LogP contribution in [0.1, 0.15) is 30.5 Å². The summed E-state index contributed by atoms with van der Waals surface area (Å²) in [7, 11) is 0. The van der Waals surface area contributed by atoms with Crippen molar-refractivity contribution < 1.29 is 17.6 Å². The van der Waals surface area contributed by atoms with Gasteiger partial charge in [-0.15, -0.1) is 0 Å². The molecule has 162 valence electrons. The van der Waals surface area contributed by atoms with Crippen LogP contribution in [0.5, 0.6) is 0 Å². The van der Waals surface area contributed by atoms with E-state index in [0.29, 0.717) is 22.5 Å². The van der Waals surface area contributed by atoms with Crippen LogP contribution in [0, 0.1) is 5.82 Å². The van der Waals surface area contributed by atoms with E-state index in [1.807, 2.05) is 0 Å². The quantitative estimate of drug-likeness (QED) is 0.334. The van der Waals surface area contributed by atoms with Gasteiger partial charge in [0.15, 0.2) is 0 Å². The highest BCUT2D eigenvalue weighted by atomic mass is 19.4. The molecule has 2 aromatic heterocycles. The maximum absolute atomic E-state index is 13.8. The van der Waals surface area contributed by atoms with Crippen LogP contribution in [0.25, 0.3) is 22.6 Å². The molecule has 0 aliphatic carbocycles. The molecule has 0 spiro atoms. The van der Waals surface area contributed by atoms with Crippen molar-refractivity contribution in [1.29, 1.82) is 0 Å². The van der Waals surface area contributed by atoms with Crippen LogP contribution in [0.3, 0.4) is 0 Å². The van der Waals surface area contributed by atoms with Crippen LogP contribution in [0.4, 0.5) is 17.6 Å². The molecule has 0 amide bonds. The minimum atomic E-state index is -4.56. The van der Waals surface area contributed by atoms with Gasteiger partial charge >= 0.3 is 6.18 Å². The van der Waals surface area contributed by atoms with E-state index in [-0.39, 0.29) is 11.3 Å². The number of nitrogens with zero attached hydrogens (tertiary/aromatic N) is 3. The Morgan fingerprint density at radius 3 is 2.16 bits per heavy atom. The van der Waals surface area contributed by atoms with Crippen molar-refractivity contribution in [2.75, 3.05) is 0 Å². The fourth-order valence-electron chi connectivity index (χ4n) is 3.49. The normalized spacial score (nSPS) is 12.1. The van der Waals surface area contributed by atoms with E-state index in [4.69, 9.17) is 0 Å². The van der Waals surface area contributed by atoms with Crippen molar-refractivity contribution in [1.82, 2.24) is 15.0 Å². The molecule has 0 unspecified atom stereocenters. The monoisotopic (exact) mass is 437 g/mol. The molecule has 0 aliphatic rings. The fourth-order valence-corrected chi connectivity index (χ4v) is 3.49. The van der Waals surface area contributed by atoms with E-state index in [1.54, 1.807) is 56.4 Å². The van der Waals surface area contributed by atoms with Gasteiger partial charge in [-0.2, -0.15) is 13.2 Å². The highest BCUT2D eigenvalue weighted by Crippen LogP contribution is 2.39. The lowest BCUT2D eigenvalue weighted by Gasteiger charge is -2.27. The molecule has 0 atom stereocenters. The van der Waals surface area contributed by atoms with Crippen molar-refractivity contribution in [3.63, 3.8) is 0 Å². The van der Waals surface area contributed by atoms with E-state index in [0.717, 1.165) is 12.1 Å². The Bertz CT molecular complexity index is 1250. The number of pyridine rings is 1. The lowest BCUT2D eigenvalue weighted by Crippen LogP contribution is -2.20. The first-order valence-corrected chi connectivity index (χ1v) is 9.87. The summed E-state index contributed by atoms with van der Waals surface area (Å²) in [6.07, 6.45) is -0.0275. The summed E-state index contributed by atoms with van der Waals surface area (Å²) in [6.45, 7) is 3.52. The van der Waals surface area contributed by atoms with Crippen molar-refractivity contribution in [2.24, 2.45) is 0 Å². The van der Waals surface area contributed by atoms with Crippen molar-refractivity contribution in [3.05, 3.63) is 102 Å². The molecule has 32 heavy (non-hydrogen) atoms. The smallest absolute Gasteiger partial charge is 0.260 e.